The SMILES string of the molecule is N#Cc1c[nH]n2c(=O)cc(CN3CCCC3C3CCCCO3)nc12. The van der Waals surface area contributed by atoms with Gasteiger partial charge in [-0.2, -0.15) is 5.26 Å². The molecule has 0 aliphatic carbocycles. The van der Waals surface area contributed by atoms with E-state index < -0.39 is 0 Å². The Morgan fingerprint density at radius 3 is 3.08 bits per heavy atom. The van der Waals surface area contributed by atoms with Gasteiger partial charge < -0.3 is 4.74 Å². The van der Waals surface area contributed by atoms with Crippen molar-refractivity contribution in [3.63, 3.8) is 0 Å². The smallest absolute Gasteiger partial charge is 0.272 e. The molecule has 2 unspecified atom stereocenters. The highest BCUT2D eigenvalue weighted by molar-refractivity contribution is 5.53. The maximum absolute atomic E-state index is 12.2. The van der Waals surface area contributed by atoms with Crippen molar-refractivity contribution in [3.8, 4) is 6.07 Å². The highest BCUT2D eigenvalue weighted by Crippen LogP contribution is 2.28. The third kappa shape index (κ3) is 2.72. The lowest BCUT2D eigenvalue weighted by Gasteiger charge is -2.33. The largest absolute Gasteiger partial charge is 0.377 e. The zero-order chi connectivity index (χ0) is 16.5. The lowest BCUT2D eigenvalue weighted by molar-refractivity contribution is -0.0327. The summed E-state index contributed by atoms with van der Waals surface area (Å²) < 4.78 is 7.29. The van der Waals surface area contributed by atoms with E-state index in [2.05, 4.69) is 21.1 Å². The molecule has 2 fully saturated rings. The van der Waals surface area contributed by atoms with Gasteiger partial charge in [0.15, 0.2) is 5.65 Å². The van der Waals surface area contributed by atoms with E-state index in [9.17, 15) is 4.79 Å². The average molecular weight is 327 g/mol. The molecule has 4 heterocycles. The summed E-state index contributed by atoms with van der Waals surface area (Å²) in [4.78, 5) is 19.1. The van der Waals surface area contributed by atoms with Crippen LogP contribution in [0.25, 0.3) is 5.65 Å². The maximum Gasteiger partial charge on any atom is 0.272 e. The van der Waals surface area contributed by atoms with E-state index in [1.807, 2.05) is 0 Å². The number of aromatic amines is 1. The number of fused-ring (bicyclic) bond motifs is 1. The molecule has 2 aromatic heterocycles. The van der Waals surface area contributed by atoms with E-state index in [1.54, 1.807) is 6.07 Å². The van der Waals surface area contributed by atoms with Crippen molar-refractivity contribution >= 4 is 5.65 Å². The molecule has 1 N–H and O–H groups in total. The van der Waals surface area contributed by atoms with E-state index in [1.165, 1.54) is 17.1 Å². The van der Waals surface area contributed by atoms with Gasteiger partial charge in [-0.3, -0.25) is 14.8 Å². The topological polar surface area (TPSA) is 86.4 Å². The van der Waals surface area contributed by atoms with Gasteiger partial charge >= 0.3 is 0 Å². The summed E-state index contributed by atoms with van der Waals surface area (Å²) in [6.45, 7) is 2.49. The third-order valence-electron chi connectivity index (χ3n) is 5.09. The first-order chi connectivity index (χ1) is 11.8. The zero-order valence-corrected chi connectivity index (χ0v) is 13.6. The second-order valence-corrected chi connectivity index (χ2v) is 6.63. The molecule has 0 bridgehead atoms. The molecular weight excluding hydrogens is 306 g/mol. The van der Waals surface area contributed by atoms with Crippen molar-refractivity contribution in [2.75, 3.05) is 13.2 Å². The number of aromatic nitrogens is 3. The van der Waals surface area contributed by atoms with E-state index >= 15 is 0 Å². The van der Waals surface area contributed by atoms with E-state index in [0.29, 0.717) is 29.9 Å². The van der Waals surface area contributed by atoms with Crippen LogP contribution < -0.4 is 5.56 Å². The van der Waals surface area contributed by atoms with Crippen molar-refractivity contribution in [1.82, 2.24) is 19.5 Å². The fourth-order valence-corrected chi connectivity index (χ4v) is 3.94. The summed E-state index contributed by atoms with van der Waals surface area (Å²) in [6, 6.07) is 4.04. The maximum atomic E-state index is 12.2. The Morgan fingerprint density at radius 2 is 2.29 bits per heavy atom. The minimum atomic E-state index is -0.179. The Balaban J connectivity index is 1.59. The van der Waals surface area contributed by atoms with Crippen LogP contribution in [-0.2, 0) is 11.3 Å². The molecule has 2 aliphatic rings. The first kappa shape index (κ1) is 15.4. The molecule has 24 heavy (non-hydrogen) atoms. The molecule has 0 saturated carbocycles. The monoisotopic (exact) mass is 327 g/mol. The van der Waals surface area contributed by atoms with Crippen molar-refractivity contribution in [2.24, 2.45) is 0 Å². The van der Waals surface area contributed by atoms with Crippen LogP contribution in [0.4, 0.5) is 0 Å². The first-order valence-corrected chi connectivity index (χ1v) is 8.62. The fourth-order valence-electron chi connectivity index (χ4n) is 3.94. The number of nitrogens with one attached hydrogen (secondary N) is 1. The predicted molar refractivity (Wildman–Crippen MR) is 87.6 cm³/mol. The third-order valence-corrected chi connectivity index (χ3v) is 5.09. The van der Waals surface area contributed by atoms with Crippen LogP contribution in [-0.4, -0.2) is 44.8 Å². The molecular formula is C17H21N5O2. The number of H-pyrrole nitrogens is 1. The normalized spacial score (nSPS) is 25.1. The summed E-state index contributed by atoms with van der Waals surface area (Å²) >= 11 is 0. The second-order valence-electron chi connectivity index (χ2n) is 6.63. The van der Waals surface area contributed by atoms with Crippen LogP contribution in [0.1, 0.15) is 43.4 Å². The average Bonchev–Trinajstić information content (AvgIpc) is 3.22. The van der Waals surface area contributed by atoms with Crippen molar-refractivity contribution in [1.29, 1.82) is 5.26 Å². The summed E-state index contributed by atoms with van der Waals surface area (Å²) in [7, 11) is 0. The number of ether oxygens (including phenoxy) is 1. The van der Waals surface area contributed by atoms with Crippen LogP contribution in [0.2, 0.25) is 0 Å². The molecule has 7 nitrogen and oxygen atoms in total. The van der Waals surface area contributed by atoms with Crippen LogP contribution in [0, 0.1) is 11.3 Å². The Labute approximate surface area is 139 Å². The molecule has 0 amide bonds. The quantitative estimate of drug-likeness (QED) is 0.921. The summed E-state index contributed by atoms with van der Waals surface area (Å²) in [6.07, 6.45) is 7.61. The van der Waals surface area contributed by atoms with Crippen molar-refractivity contribution < 1.29 is 4.74 Å². The van der Waals surface area contributed by atoms with E-state index in [-0.39, 0.29) is 5.56 Å². The molecule has 2 aromatic rings. The molecule has 0 radical (unpaired) electrons. The van der Waals surface area contributed by atoms with Gasteiger partial charge in [-0.05, 0) is 38.6 Å². The standard InChI is InChI=1S/C17H21N5O2/c18-9-12-10-19-22-16(23)8-13(20-17(12)22)11-21-6-3-4-14(21)15-5-1-2-7-24-15/h8,10,14-15,19H,1-7,11H2. The Bertz CT molecular complexity index is 828. The number of nitrogens with zero attached hydrogens (tertiary/aromatic N) is 4. The molecule has 0 aromatic carbocycles. The molecule has 2 aliphatic heterocycles. The Morgan fingerprint density at radius 1 is 1.38 bits per heavy atom. The zero-order valence-electron chi connectivity index (χ0n) is 13.6. The molecule has 126 valence electrons. The molecule has 4 rings (SSSR count). The summed E-state index contributed by atoms with van der Waals surface area (Å²) in [5.41, 5.74) is 1.34. The number of rotatable bonds is 3. The van der Waals surface area contributed by atoms with Crippen LogP contribution in [0.3, 0.4) is 0 Å². The van der Waals surface area contributed by atoms with Crippen LogP contribution in [0.15, 0.2) is 17.1 Å². The van der Waals surface area contributed by atoms with E-state index in [4.69, 9.17) is 10.00 Å². The lowest BCUT2D eigenvalue weighted by atomic mass is 10.00. The van der Waals surface area contributed by atoms with Crippen LogP contribution >= 0.6 is 0 Å². The second kappa shape index (κ2) is 6.38. The van der Waals surface area contributed by atoms with Gasteiger partial charge in [0.2, 0.25) is 0 Å². The predicted octanol–water partition coefficient (Wildman–Crippen LogP) is 1.43. The van der Waals surface area contributed by atoms with Gasteiger partial charge in [-0.1, -0.05) is 0 Å². The molecule has 2 atom stereocenters. The van der Waals surface area contributed by atoms with Gasteiger partial charge in [-0.15, -0.1) is 0 Å². The lowest BCUT2D eigenvalue weighted by Crippen LogP contribution is -2.41. The number of nitriles is 1. The van der Waals surface area contributed by atoms with E-state index in [0.717, 1.165) is 44.5 Å². The summed E-state index contributed by atoms with van der Waals surface area (Å²) in [5, 5.41) is 11.9. The van der Waals surface area contributed by atoms with Gasteiger partial charge in [0, 0.05) is 31.5 Å². The number of likely N-dealkylation sites (tertiary alicyclic amines) is 1. The minimum absolute atomic E-state index is 0.179. The van der Waals surface area contributed by atoms with Crippen molar-refractivity contribution in [3.05, 3.63) is 33.9 Å². The molecule has 2 saturated heterocycles. The van der Waals surface area contributed by atoms with Gasteiger partial charge in [0.1, 0.15) is 11.6 Å². The molecule has 7 heteroatoms. The van der Waals surface area contributed by atoms with Gasteiger partial charge in [0.25, 0.3) is 5.56 Å². The Kier molecular flexibility index (Phi) is 4.08. The number of hydrogen-bond donors (Lipinski definition) is 1. The van der Waals surface area contributed by atoms with Crippen LogP contribution in [0.5, 0.6) is 0 Å². The first-order valence-electron chi connectivity index (χ1n) is 8.62. The molecule has 0 spiro atoms. The highest BCUT2D eigenvalue weighted by atomic mass is 16.5. The summed E-state index contributed by atoms with van der Waals surface area (Å²) in [5.74, 6) is 0. The minimum Gasteiger partial charge on any atom is -0.377 e. The fraction of sp³-hybridized carbons (Fsp3) is 0.588. The Hall–Kier alpha value is -2.17. The highest BCUT2D eigenvalue weighted by Gasteiger charge is 2.33. The van der Waals surface area contributed by atoms with Crippen molar-refractivity contribution in [2.45, 2.75) is 50.8 Å². The van der Waals surface area contributed by atoms with Gasteiger partial charge in [-0.25, -0.2) is 9.50 Å². The van der Waals surface area contributed by atoms with Gasteiger partial charge in [0.05, 0.1) is 11.8 Å². The number of hydrogen-bond acceptors (Lipinski definition) is 5.